The highest BCUT2D eigenvalue weighted by Crippen LogP contribution is 2.34. The smallest absolute Gasteiger partial charge is 0.129 e. The van der Waals surface area contributed by atoms with E-state index >= 15 is 0 Å². The van der Waals surface area contributed by atoms with Crippen LogP contribution in [0.25, 0.3) is 0 Å². The Labute approximate surface area is 156 Å². The summed E-state index contributed by atoms with van der Waals surface area (Å²) < 4.78 is 6.56. The molecule has 0 radical (unpaired) electrons. The molecule has 0 saturated carbocycles. The average molecular weight is 405 g/mol. The number of nitrogens with one attached hydrogen (secondary N) is 1. The summed E-state index contributed by atoms with van der Waals surface area (Å²) in [5, 5.41) is 3.47. The highest BCUT2D eigenvalue weighted by molar-refractivity contribution is 9.10. The number of benzene rings is 2. The summed E-state index contributed by atoms with van der Waals surface area (Å²) in [5.74, 6) is 2.78. The largest absolute Gasteiger partial charge is 0.496 e. The Morgan fingerprint density at radius 1 is 1.33 bits per heavy atom. The predicted octanol–water partition coefficient (Wildman–Crippen LogP) is 4.80. The zero-order valence-corrected chi connectivity index (χ0v) is 16.5. The number of nitrogens with zero attached hydrogens (tertiary/aromatic N) is 1. The summed E-state index contributed by atoms with van der Waals surface area (Å²) in [5.41, 5.74) is 3.65. The molecule has 5 heteroatoms. The first-order chi connectivity index (χ1) is 11.6. The van der Waals surface area contributed by atoms with Crippen LogP contribution in [-0.2, 0) is 5.75 Å². The minimum Gasteiger partial charge on any atom is -0.496 e. The van der Waals surface area contributed by atoms with E-state index in [0.29, 0.717) is 6.04 Å². The third-order valence-electron chi connectivity index (χ3n) is 3.99. The quantitative estimate of drug-likeness (QED) is 0.726. The molecule has 0 bridgehead atoms. The Morgan fingerprint density at radius 2 is 2.17 bits per heavy atom. The number of ether oxygens (including phenoxy) is 1. The molecule has 1 atom stereocenters. The first-order valence-electron chi connectivity index (χ1n) is 7.94. The van der Waals surface area contributed by atoms with Crippen LogP contribution in [0.1, 0.15) is 23.6 Å². The van der Waals surface area contributed by atoms with Gasteiger partial charge >= 0.3 is 0 Å². The van der Waals surface area contributed by atoms with E-state index in [1.54, 1.807) is 7.11 Å². The lowest BCUT2D eigenvalue weighted by atomic mass is 10.1. The molecule has 2 aromatic rings. The molecule has 0 fully saturated rings. The molecule has 1 aliphatic rings. The molecular weight excluding hydrogens is 384 g/mol. The van der Waals surface area contributed by atoms with E-state index < -0.39 is 0 Å². The fraction of sp³-hybridized carbons (Fsp3) is 0.316. The highest BCUT2D eigenvalue weighted by atomic mass is 79.9. The van der Waals surface area contributed by atoms with E-state index in [1.807, 2.05) is 23.9 Å². The maximum atomic E-state index is 5.49. The molecule has 1 unspecified atom stereocenters. The summed E-state index contributed by atoms with van der Waals surface area (Å²) in [6, 6.07) is 12.9. The number of aryl methyl sites for hydroxylation is 1. The molecule has 3 nitrogen and oxygen atoms in total. The molecule has 0 amide bonds. The Morgan fingerprint density at radius 3 is 2.88 bits per heavy atom. The summed E-state index contributed by atoms with van der Waals surface area (Å²) in [4.78, 5) is 5.93. The summed E-state index contributed by atoms with van der Waals surface area (Å²) >= 11 is 5.38. The van der Waals surface area contributed by atoms with Gasteiger partial charge in [0.1, 0.15) is 11.6 Å². The third kappa shape index (κ3) is 3.78. The van der Waals surface area contributed by atoms with Crippen molar-refractivity contribution in [2.24, 2.45) is 4.99 Å². The lowest BCUT2D eigenvalue weighted by molar-refractivity contribution is 0.411. The maximum absolute atomic E-state index is 5.49. The summed E-state index contributed by atoms with van der Waals surface area (Å²) in [6.07, 6.45) is 0. The molecule has 0 spiro atoms. The molecule has 3 rings (SSSR count). The second-order valence-corrected chi connectivity index (χ2v) is 7.83. The molecule has 1 aliphatic heterocycles. The Kier molecular flexibility index (Phi) is 5.51. The van der Waals surface area contributed by atoms with Crippen LogP contribution in [0.5, 0.6) is 5.75 Å². The van der Waals surface area contributed by atoms with Crippen molar-refractivity contribution in [3.05, 3.63) is 57.6 Å². The van der Waals surface area contributed by atoms with Gasteiger partial charge in [0.2, 0.25) is 0 Å². The number of hydrogen-bond acceptors (Lipinski definition) is 4. The van der Waals surface area contributed by atoms with E-state index in [9.17, 15) is 0 Å². The van der Waals surface area contributed by atoms with Crippen LogP contribution in [-0.4, -0.2) is 25.5 Å². The second kappa shape index (κ2) is 7.62. The van der Waals surface area contributed by atoms with Crippen LogP contribution in [0.3, 0.4) is 0 Å². The lowest BCUT2D eigenvalue weighted by Crippen LogP contribution is -2.28. The van der Waals surface area contributed by atoms with Crippen molar-refractivity contribution >= 4 is 33.5 Å². The highest BCUT2D eigenvalue weighted by Gasteiger charge is 2.18. The van der Waals surface area contributed by atoms with Gasteiger partial charge in [0.25, 0.3) is 0 Å². The summed E-state index contributed by atoms with van der Waals surface area (Å²) in [7, 11) is 1.72. The van der Waals surface area contributed by atoms with E-state index in [2.05, 4.69) is 64.4 Å². The molecule has 1 heterocycles. The van der Waals surface area contributed by atoms with Gasteiger partial charge in [-0.05, 0) is 37.6 Å². The van der Waals surface area contributed by atoms with Gasteiger partial charge < -0.3 is 10.1 Å². The number of methoxy groups -OCH3 is 1. The zero-order valence-electron chi connectivity index (χ0n) is 14.1. The predicted molar refractivity (Wildman–Crippen MR) is 105 cm³/mol. The Bertz CT molecular complexity index is 776. The van der Waals surface area contributed by atoms with Gasteiger partial charge in [-0.15, -0.1) is 11.8 Å². The molecule has 0 aliphatic carbocycles. The molecular formula is C19H21BrN2OS. The lowest BCUT2D eigenvalue weighted by Gasteiger charge is -2.15. The standard InChI is InChI=1S/C19H21BrN2OS/c1-12-5-4-6-16(19-21-10-13(2)22-19)18(12)24-11-14-9-15(20)7-8-17(14)23-3/h4-9,13H,10-11H2,1-3H3,(H,21,22). The van der Waals surface area contributed by atoms with E-state index in [1.165, 1.54) is 21.6 Å². The van der Waals surface area contributed by atoms with Crippen molar-refractivity contribution in [3.8, 4) is 5.75 Å². The molecule has 126 valence electrons. The SMILES string of the molecule is COc1ccc(Br)cc1CSc1c(C)cccc1C1=NCC(C)N1. The monoisotopic (exact) mass is 404 g/mol. The third-order valence-corrected chi connectivity index (χ3v) is 5.77. The van der Waals surface area contributed by atoms with Gasteiger partial charge in [-0.3, -0.25) is 4.99 Å². The molecule has 0 aromatic heterocycles. The minimum atomic E-state index is 0.406. The van der Waals surface area contributed by atoms with Crippen molar-refractivity contribution in [1.29, 1.82) is 0 Å². The van der Waals surface area contributed by atoms with Gasteiger partial charge in [-0.25, -0.2) is 0 Å². The average Bonchev–Trinajstić information content (AvgIpc) is 3.00. The van der Waals surface area contributed by atoms with Crippen LogP contribution in [0.4, 0.5) is 0 Å². The van der Waals surface area contributed by atoms with Crippen molar-refractivity contribution in [3.63, 3.8) is 0 Å². The van der Waals surface area contributed by atoms with Crippen molar-refractivity contribution in [2.45, 2.75) is 30.5 Å². The van der Waals surface area contributed by atoms with Crippen molar-refractivity contribution in [2.75, 3.05) is 13.7 Å². The Balaban J connectivity index is 1.87. The van der Waals surface area contributed by atoms with E-state index in [-0.39, 0.29) is 0 Å². The van der Waals surface area contributed by atoms with Crippen LogP contribution in [0, 0.1) is 6.92 Å². The Hall–Kier alpha value is -1.46. The van der Waals surface area contributed by atoms with Crippen molar-refractivity contribution < 1.29 is 4.74 Å². The van der Waals surface area contributed by atoms with E-state index in [4.69, 9.17) is 4.74 Å². The number of rotatable bonds is 5. The van der Waals surface area contributed by atoms with Gasteiger partial charge in [-0.1, -0.05) is 34.1 Å². The zero-order chi connectivity index (χ0) is 17.1. The minimum absolute atomic E-state index is 0.406. The number of thioether (sulfide) groups is 1. The van der Waals surface area contributed by atoms with Crippen LogP contribution in [0.15, 0.2) is 50.8 Å². The molecule has 0 saturated heterocycles. The maximum Gasteiger partial charge on any atom is 0.129 e. The van der Waals surface area contributed by atoms with Gasteiger partial charge in [-0.2, -0.15) is 0 Å². The molecule has 2 aromatic carbocycles. The van der Waals surface area contributed by atoms with Gasteiger partial charge in [0.05, 0.1) is 13.7 Å². The fourth-order valence-corrected chi connectivity index (χ4v) is 4.31. The molecule has 1 N–H and O–H groups in total. The number of hydrogen-bond donors (Lipinski definition) is 1. The van der Waals surface area contributed by atoms with Gasteiger partial charge in [0, 0.05) is 32.3 Å². The normalized spacial score (nSPS) is 16.7. The van der Waals surface area contributed by atoms with Crippen LogP contribution < -0.4 is 10.1 Å². The number of aliphatic imine (C=N–C) groups is 1. The topological polar surface area (TPSA) is 33.6 Å². The number of amidine groups is 1. The summed E-state index contributed by atoms with van der Waals surface area (Å²) in [6.45, 7) is 5.15. The fourth-order valence-electron chi connectivity index (χ4n) is 2.76. The first kappa shape index (κ1) is 17.4. The second-order valence-electron chi connectivity index (χ2n) is 5.93. The number of halogens is 1. The van der Waals surface area contributed by atoms with E-state index in [0.717, 1.165) is 28.4 Å². The van der Waals surface area contributed by atoms with Crippen LogP contribution >= 0.6 is 27.7 Å². The molecule has 24 heavy (non-hydrogen) atoms. The van der Waals surface area contributed by atoms with Crippen LogP contribution in [0.2, 0.25) is 0 Å². The first-order valence-corrected chi connectivity index (χ1v) is 9.72. The van der Waals surface area contributed by atoms with Gasteiger partial charge in [0.15, 0.2) is 0 Å². The van der Waals surface area contributed by atoms with Crippen molar-refractivity contribution in [1.82, 2.24) is 5.32 Å².